The number of para-hydroxylation sites is 2. The van der Waals surface area contributed by atoms with Crippen LogP contribution in [0.3, 0.4) is 0 Å². The largest absolute Gasteiger partial charge is 0.482 e. The van der Waals surface area contributed by atoms with Crippen molar-refractivity contribution < 1.29 is 14.3 Å². The van der Waals surface area contributed by atoms with E-state index in [0.29, 0.717) is 32.8 Å². The molecule has 8 heteroatoms. The molecule has 0 aliphatic carbocycles. The number of carbonyl (C=O) groups is 2. The van der Waals surface area contributed by atoms with Crippen molar-refractivity contribution in [1.82, 2.24) is 5.43 Å². The third kappa shape index (κ3) is 3.98. The van der Waals surface area contributed by atoms with E-state index >= 15 is 0 Å². The molecule has 1 aliphatic heterocycles. The molecule has 2 aromatic carbocycles. The van der Waals surface area contributed by atoms with Gasteiger partial charge < -0.3 is 4.74 Å². The first-order valence-electron chi connectivity index (χ1n) is 7.76. The van der Waals surface area contributed by atoms with Gasteiger partial charge in [-0.25, -0.2) is 5.43 Å². The van der Waals surface area contributed by atoms with Crippen molar-refractivity contribution in [3.8, 4) is 5.75 Å². The number of amides is 2. The van der Waals surface area contributed by atoms with E-state index in [-0.39, 0.29) is 19.1 Å². The molecular formula is C18H15Cl2N3O3. The van der Waals surface area contributed by atoms with Crippen LogP contribution in [0.2, 0.25) is 10.0 Å². The van der Waals surface area contributed by atoms with Crippen molar-refractivity contribution in [3.63, 3.8) is 0 Å². The molecule has 26 heavy (non-hydrogen) atoms. The second-order valence-corrected chi connectivity index (χ2v) is 6.44. The van der Waals surface area contributed by atoms with Crippen LogP contribution in [0, 0.1) is 0 Å². The molecule has 0 spiro atoms. The van der Waals surface area contributed by atoms with Gasteiger partial charge in [0.2, 0.25) is 0 Å². The van der Waals surface area contributed by atoms with E-state index in [1.807, 2.05) is 0 Å². The van der Waals surface area contributed by atoms with Gasteiger partial charge in [0, 0.05) is 10.6 Å². The predicted octanol–water partition coefficient (Wildman–Crippen LogP) is 3.26. The van der Waals surface area contributed by atoms with Crippen LogP contribution in [0.25, 0.3) is 0 Å². The second kappa shape index (κ2) is 7.76. The molecule has 1 aliphatic rings. The monoisotopic (exact) mass is 391 g/mol. The molecule has 3 rings (SSSR count). The molecule has 0 atom stereocenters. The average molecular weight is 392 g/mol. The number of benzene rings is 2. The summed E-state index contributed by atoms with van der Waals surface area (Å²) in [7, 11) is 0. The van der Waals surface area contributed by atoms with Gasteiger partial charge in [-0.05, 0) is 31.2 Å². The zero-order valence-electron chi connectivity index (χ0n) is 13.8. The van der Waals surface area contributed by atoms with Gasteiger partial charge in [0.15, 0.2) is 6.61 Å². The maximum Gasteiger partial charge on any atom is 0.265 e. The predicted molar refractivity (Wildman–Crippen MR) is 101 cm³/mol. The summed E-state index contributed by atoms with van der Waals surface area (Å²) >= 11 is 12.0. The van der Waals surface area contributed by atoms with Gasteiger partial charge in [0.25, 0.3) is 11.8 Å². The summed E-state index contributed by atoms with van der Waals surface area (Å²) in [5, 5.41) is 5.00. The van der Waals surface area contributed by atoms with Gasteiger partial charge in [0.1, 0.15) is 12.3 Å². The summed E-state index contributed by atoms with van der Waals surface area (Å²) in [6, 6.07) is 12.1. The normalized spacial score (nSPS) is 13.9. The Balaban J connectivity index is 1.70. The smallest absolute Gasteiger partial charge is 0.265 e. The number of anilines is 1. The molecule has 0 unspecified atom stereocenters. The first-order chi connectivity index (χ1) is 12.5. The van der Waals surface area contributed by atoms with E-state index in [1.54, 1.807) is 49.4 Å². The lowest BCUT2D eigenvalue weighted by molar-refractivity contribution is -0.125. The molecule has 2 amide bonds. The van der Waals surface area contributed by atoms with Crippen LogP contribution >= 0.6 is 23.2 Å². The SMILES string of the molecule is C/C(=N/NC(=O)CN1C(=O)COc2ccccc21)c1ccc(Cl)cc1Cl. The molecule has 0 bridgehead atoms. The van der Waals surface area contributed by atoms with Gasteiger partial charge in [-0.1, -0.05) is 41.4 Å². The Hall–Kier alpha value is -2.57. The lowest BCUT2D eigenvalue weighted by Crippen LogP contribution is -2.44. The number of halogens is 2. The lowest BCUT2D eigenvalue weighted by atomic mass is 10.1. The number of nitrogens with one attached hydrogen (secondary N) is 1. The Kier molecular flexibility index (Phi) is 5.44. The zero-order valence-corrected chi connectivity index (χ0v) is 15.3. The number of hydrogen-bond donors (Lipinski definition) is 1. The van der Waals surface area contributed by atoms with Crippen molar-refractivity contribution in [2.45, 2.75) is 6.92 Å². The second-order valence-electron chi connectivity index (χ2n) is 5.59. The van der Waals surface area contributed by atoms with Crippen LogP contribution < -0.4 is 15.1 Å². The lowest BCUT2D eigenvalue weighted by Gasteiger charge is -2.28. The summed E-state index contributed by atoms with van der Waals surface area (Å²) in [5.74, 6) is -0.160. The molecule has 1 N–H and O–H groups in total. The summed E-state index contributed by atoms with van der Waals surface area (Å²) in [6.45, 7) is 1.45. The van der Waals surface area contributed by atoms with Gasteiger partial charge in [0.05, 0.1) is 16.4 Å². The van der Waals surface area contributed by atoms with Crippen LogP contribution in [-0.2, 0) is 9.59 Å². The standard InChI is InChI=1S/C18H15Cl2N3O3/c1-11(13-7-6-12(19)8-14(13)20)21-22-17(24)9-23-15-4-2-3-5-16(15)26-10-18(23)25/h2-8H,9-10H2,1H3,(H,22,24)/b21-11-. The molecule has 0 radical (unpaired) electrons. The van der Waals surface area contributed by atoms with Crippen molar-refractivity contribution >= 4 is 46.4 Å². The molecule has 0 saturated carbocycles. The Morgan fingerprint density at radius 2 is 2.04 bits per heavy atom. The van der Waals surface area contributed by atoms with Crippen molar-refractivity contribution in [2.75, 3.05) is 18.1 Å². The fourth-order valence-corrected chi connectivity index (χ4v) is 3.04. The highest BCUT2D eigenvalue weighted by molar-refractivity contribution is 6.37. The number of hydrogen-bond acceptors (Lipinski definition) is 4. The molecule has 0 aromatic heterocycles. The first-order valence-corrected chi connectivity index (χ1v) is 8.52. The number of hydrazone groups is 1. The summed E-state index contributed by atoms with van der Waals surface area (Å²) in [6.07, 6.45) is 0. The molecule has 0 saturated heterocycles. The summed E-state index contributed by atoms with van der Waals surface area (Å²) in [5.41, 5.74) is 4.18. The summed E-state index contributed by atoms with van der Waals surface area (Å²) < 4.78 is 5.35. The molecule has 1 heterocycles. The van der Waals surface area contributed by atoms with E-state index in [2.05, 4.69) is 10.5 Å². The van der Waals surface area contributed by atoms with E-state index in [4.69, 9.17) is 27.9 Å². The highest BCUT2D eigenvalue weighted by Gasteiger charge is 2.26. The molecule has 2 aromatic rings. The zero-order chi connectivity index (χ0) is 18.7. The van der Waals surface area contributed by atoms with Crippen LogP contribution in [0.5, 0.6) is 5.75 Å². The van der Waals surface area contributed by atoms with E-state index in [0.717, 1.165) is 0 Å². The fourth-order valence-electron chi connectivity index (χ4n) is 2.50. The average Bonchev–Trinajstić information content (AvgIpc) is 2.62. The molecule has 0 fully saturated rings. The molecule has 134 valence electrons. The third-order valence-corrected chi connectivity index (χ3v) is 4.33. The number of ether oxygens (including phenoxy) is 1. The highest BCUT2D eigenvalue weighted by atomic mass is 35.5. The number of rotatable bonds is 4. The Bertz CT molecular complexity index is 899. The van der Waals surface area contributed by atoms with Crippen LogP contribution in [-0.4, -0.2) is 30.7 Å². The summed E-state index contributed by atoms with van der Waals surface area (Å²) in [4.78, 5) is 25.7. The minimum atomic E-state index is -0.431. The topological polar surface area (TPSA) is 71.0 Å². The third-order valence-electron chi connectivity index (χ3n) is 3.78. The van der Waals surface area contributed by atoms with Gasteiger partial charge in [-0.2, -0.15) is 5.10 Å². The fraction of sp³-hybridized carbons (Fsp3) is 0.167. The van der Waals surface area contributed by atoms with Crippen molar-refractivity contribution in [2.24, 2.45) is 5.10 Å². The van der Waals surface area contributed by atoms with E-state index in [1.165, 1.54) is 4.90 Å². The minimum Gasteiger partial charge on any atom is -0.482 e. The molecular weight excluding hydrogens is 377 g/mol. The van der Waals surface area contributed by atoms with Gasteiger partial charge in [-0.3, -0.25) is 14.5 Å². The minimum absolute atomic E-state index is 0.104. The maximum atomic E-state index is 12.2. The molecule has 6 nitrogen and oxygen atoms in total. The maximum absolute atomic E-state index is 12.2. The van der Waals surface area contributed by atoms with Crippen LogP contribution in [0.1, 0.15) is 12.5 Å². The number of fused-ring (bicyclic) bond motifs is 1. The first kappa shape index (κ1) is 18.2. The Labute approximate surface area is 160 Å². The Morgan fingerprint density at radius 1 is 1.27 bits per heavy atom. The Morgan fingerprint density at radius 3 is 2.81 bits per heavy atom. The quantitative estimate of drug-likeness (QED) is 0.642. The van der Waals surface area contributed by atoms with Crippen molar-refractivity contribution in [3.05, 3.63) is 58.1 Å². The van der Waals surface area contributed by atoms with E-state index in [9.17, 15) is 9.59 Å². The number of carbonyl (C=O) groups excluding carboxylic acids is 2. The highest BCUT2D eigenvalue weighted by Crippen LogP contribution is 2.31. The van der Waals surface area contributed by atoms with Crippen molar-refractivity contribution in [1.29, 1.82) is 0 Å². The van der Waals surface area contributed by atoms with Crippen LogP contribution in [0.4, 0.5) is 5.69 Å². The van der Waals surface area contributed by atoms with E-state index < -0.39 is 5.91 Å². The van der Waals surface area contributed by atoms with Gasteiger partial charge >= 0.3 is 0 Å². The van der Waals surface area contributed by atoms with Gasteiger partial charge in [-0.15, -0.1) is 0 Å². The van der Waals surface area contributed by atoms with Crippen LogP contribution in [0.15, 0.2) is 47.6 Å². The number of nitrogens with zero attached hydrogens (tertiary/aromatic N) is 2.